The summed E-state index contributed by atoms with van der Waals surface area (Å²) in [6.07, 6.45) is 0. The summed E-state index contributed by atoms with van der Waals surface area (Å²) in [5, 5.41) is 1.61. The van der Waals surface area contributed by atoms with Crippen molar-refractivity contribution in [3.63, 3.8) is 0 Å². The van der Waals surface area contributed by atoms with Crippen LogP contribution in [0.1, 0.15) is 18.5 Å². The van der Waals surface area contributed by atoms with Gasteiger partial charge in [-0.3, -0.25) is 0 Å². The quantitative estimate of drug-likeness (QED) is 0.904. The Kier molecular flexibility index (Phi) is 3.70. The Morgan fingerprint density at radius 1 is 1.28 bits per heavy atom. The molecule has 0 aliphatic carbocycles. The lowest BCUT2D eigenvalue weighted by Gasteiger charge is -2.13. The number of nitrogens with one attached hydrogen (secondary N) is 1. The van der Waals surface area contributed by atoms with Crippen LogP contribution in [0.25, 0.3) is 0 Å². The summed E-state index contributed by atoms with van der Waals surface area (Å²) in [4.78, 5) is 0. The second kappa shape index (κ2) is 5.09. The number of hydrogen-bond acceptors (Lipinski definition) is 4. The van der Waals surface area contributed by atoms with Crippen LogP contribution in [0.2, 0.25) is 0 Å². The summed E-state index contributed by atoms with van der Waals surface area (Å²) in [5.41, 5.74) is 6.92. The minimum absolute atomic E-state index is 0.239. The highest BCUT2D eigenvalue weighted by molar-refractivity contribution is 7.91. The first kappa shape index (κ1) is 13.1. The highest BCUT2D eigenvalue weighted by Gasteiger charge is 2.19. The molecule has 0 amide bonds. The molecule has 1 heterocycles. The third-order valence-corrected chi connectivity index (χ3v) is 5.49. The van der Waals surface area contributed by atoms with Crippen molar-refractivity contribution in [2.45, 2.75) is 17.2 Å². The molecule has 1 atom stereocenters. The van der Waals surface area contributed by atoms with Crippen LogP contribution in [0.5, 0.6) is 0 Å². The van der Waals surface area contributed by atoms with E-state index in [0.29, 0.717) is 5.69 Å². The van der Waals surface area contributed by atoms with E-state index in [0.717, 1.165) is 16.9 Å². The third kappa shape index (κ3) is 2.90. The molecule has 0 saturated carbocycles. The molecule has 1 aromatic carbocycles. The number of nitrogen functional groups attached to an aromatic ring is 1. The Morgan fingerprint density at radius 3 is 2.50 bits per heavy atom. The zero-order valence-electron chi connectivity index (χ0n) is 9.83. The van der Waals surface area contributed by atoms with Crippen molar-refractivity contribution in [3.8, 4) is 0 Å². The van der Waals surface area contributed by atoms with Gasteiger partial charge in [-0.15, -0.1) is 11.3 Å². The molecule has 96 valence electrons. The molecular weight excluding hydrogens is 268 g/mol. The van der Waals surface area contributed by atoms with E-state index in [-0.39, 0.29) is 10.3 Å². The fraction of sp³-hybridized carbons (Fsp3) is 0.167. The lowest BCUT2D eigenvalue weighted by molar-refractivity contribution is 0.569. The maximum absolute atomic E-state index is 12.1. The first-order valence-corrected chi connectivity index (χ1v) is 7.76. The number of hydrogen-bond donors (Lipinski definition) is 2. The molecule has 2 rings (SSSR count). The first-order chi connectivity index (χ1) is 8.49. The fourth-order valence-electron chi connectivity index (χ4n) is 1.57. The second-order valence-electron chi connectivity index (χ2n) is 3.95. The van der Waals surface area contributed by atoms with Gasteiger partial charge in [0, 0.05) is 17.1 Å². The lowest BCUT2D eigenvalue weighted by atomic mass is 10.1. The standard InChI is InChI=1S/C12H14N2O2S2/c1-9(10-5-3-2-4-6-10)14-18(15,16)12-7-11(13)8-17-12/h2-9,14H,13H2,1H3. The summed E-state index contributed by atoms with van der Waals surface area (Å²) in [6, 6.07) is 10.6. The van der Waals surface area contributed by atoms with Crippen molar-refractivity contribution in [1.82, 2.24) is 4.72 Å². The molecular formula is C12H14N2O2S2. The van der Waals surface area contributed by atoms with E-state index in [9.17, 15) is 8.42 Å². The normalized spacial score (nSPS) is 13.4. The first-order valence-electron chi connectivity index (χ1n) is 5.40. The maximum atomic E-state index is 12.1. The molecule has 0 fully saturated rings. The Labute approximate surface area is 111 Å². The van der Waals surface area contributed by atoms with Gasteiger partial charge in [0.2, 0.25) is 0 Å². The van der Waals surface area contributed by atoms with E-state index in [1.807, 2.05) is 37.3 Å². The molecule has 4 nitrogen and oxygen atoms in total. The zero-order chi connectivity index (χ0) is 13.2. The van der Waals surface area contributed by atoms with E-state index in [1.165, 1.54) is 6.07 Å². The van der Waals surface area contributed by atoms with Crippen molar-refractivity contribution in [3.05, 3.63) is 47.3 Å². The van der Waals surface area contributed by atoms with Crippen LogP contribution >= 0.6 is 11.3 Å². The average molecular weight is 282 g/mol. The van der Waals surface area contributed by atoms with Crippen molar-refractivity contribution in [1.29, 1.82) is 0 Å². The average Bonchev–Trinajstić information content (AvgIpc) is 2.77. The Morgan fingerprint density at radius 2 is 1.94 bits per heavy atom. The molecule has 0 bridgehead atoms. The third-order valence-electron chi connectivity index (χ3n) is 2.49. The number of rotatable bonds is 4. The molecule has 0 aliphatic rings. The van der Waals surface area contributed by atoms with Crippen molar-refractivity contribution in [2.75, 3.05) is 5.73 Å². The van der Waals surface area contributed by atoms with Crippen LogP contribution in [-0.4, -0.2) is 8.42 Å². The van der Waals surface area contributed by atoms with E-state index in [2.05, 4.69) is 4.72 Å². The highest BCUT2D eigenvalue weighted by Crippen LogP contribution is 2.23. The molecule has 0 radical (unpaired) electrons. The minimum Gasteiger partial charge on any atom is -0.398 e. The lowest BCUT2D eigenvalue weighted by Crippen LogP contribution is -2.26. The monoisotopic (exact) mass is 282 g/mol. The number of nitrogens with two attached hydrogens (primary N) is 1. The van der Waals surface area contributed by atoms with Crippen molar-refractivity contribution < 1.29 is 8.42 Å². The van der Waals surface area contributed by atoms with Gasteiger partial charge < -0.3 is 5.73 Å². The number of thiophene rings is 1. The molecule has 2 aromatic rings. The van der Waals surface area contributed by atoms with E-state index in [4.69, 9.17) is 5.73 Å². The van der Waals surface area contributed by atoms with E-state index < -0.39 is 10.0 Å². The topological polar surface area (TPSA) is 72.2 Å². The number of benzene rings is 1. The van der Waals surface area contributed by atoms with Gasteiger partial charge >= 0.3 is 0 Å². The minimum atomic E-state index is -3.50. The molecule has 3 N–H and O–H groups in total. The number of anilines is 1. The van der Waals surface area contributed by atoms with Gasteiger partial charge in [-0.25, -0.2) is 13.1 Å². The summed E-state index contributed by atoms with van der Waals surface area (Å²) in [5.74, 6) is 0. The number of sulfonamides is 1. The predicted molar refractivity (Wildman–Crippen MR) is 73.9 cm³/mol. The van der Waals surface area contributed by atoms with Gasteiger partial charge in [0.05, 0.1) is 0 Å². The summed E-state index contributed by atoms with van der Waals surface area (Å²) in [7, 11) is -3.50. The summed E-state index contributed by atoms with van der Waals surface area (Å²) in [6.45, 7) is 1.81. The van der Waals surface area contributed by atoms with E-state index >= 15 is 0 Å². The van der Waals surface area contributed by atoms with Gasteiger partial charge in [-0.05, 0) is 18.6 Å². The molecule has 0 spiro atoms. The molecule has 6 heteroatoms. The van der Waals surface area contributed by atoms with Crippen LogP contribution in [-0.2, 0) is 10.0 Å². The molecule has 0 saturated heterocycles. The van der Waals surface area contributed by atoms with Crippen LogP contribution in [0.3, 0.4) is 0 Å². The Bertz CT molecular complexity index is 621. The van der Waals surface area contributed by atoms with Gasteiger partial charge in [0.1, 0.15) is 4.21 Å². The second-order valence-corrected chi connectivity index (χ2v) is 6.80. The smallest absolute Gasteiger partial charge is 0.250 e. The maximum Gasteiger partial charge on any atom is 0.250 e. The predicted octanol–water partition coefficient (Wildman–Crippen LogP) is 2.37. The van der Waals surface area contributed by atoms with Crippen molar-refractivity contribution in [2.24, 2.45) is 0 Å². The molecule has 18 heavy (non-hydrogen) atoms. The van der Waals surface area contributed by atoms with Gasteiger partial charge in [-0.1, -0.05) is 30.3 Å². The summed E-state index contributed by atoms with van der Waals surface area (Å²) >= 11 is 1.12. The van der Waals surface area contributed by atoms with Gasteiger partial charge in [-0.2, -0.15) is 0 Å². The van der Waals surface area contributed by atoms with Gasteiger partial charge in [0.25, 0.3) is 10.0 Å². The molecule has 0 aliphatic heterocycles. The van der Waals surface area contributed by atoms with Crippen LogP contribution in [0.4, 0.5) is 5.69 Å². The Hall–Kier alpha value is -1.37. The van der Waals surface area contributed by atoms with Crippen LogP contribution in [0, 0.1) is 0 Å². The van der Waals surface area contributed by atoms with Crippen LogP contribution < -0.4 is 10.5 Å². The van der Waals surface area contributed by atoms with Crippen molar-refractivity contribution >= 4 is 27.0 Å². The van der Waals surface area contributed by atoms with Crippen LogP contribution in [0.15, 0.2) is 46.0 Å². The zero-order valence-corrected chi connectivity index (χ0v) is 11.5. The summed E-state index contributed by atoms with van der Waals surface area (Å²) < 4.78 is 27.0. The fourth-order valence-corrected chi connectivity index (χ4v) is 3.90. The highest BCUT2D eigenvalue weighted by atomic mass is 32.2. The SMILES string of the molecule is CC(NS(=O)(=O)c1cc(N)cs1)c1ccccc1. The molecule has 1 unspecified atom stereocenters. The Balaban J connectivity index is 2.19. The van der Waals surface area contributed by atoms with Gasteiger partial charge in [0.15, 0.2) is 0 Å². The van der Waals surface area contributed by atoms with E-state index in [1.54, 1.807) is 5.38 Å². The molecule has 1 aromatic heterocycles. The largest absolute Gasteiger partial charge is 0.398 e.